The van der Waals surface area contributed by atoms with Crippen LogP contribution in [0.15, 0.2) is 18.2 Å². The lowest BCUT2D eigenvalue weighted by atomic mass is 10.3. The van der Waals surface area contributed by atoms with Gasteiger partial charge in [0.15, 0.2) is 6.61 Å². The van der Waals surface area contributed by atoms with E-state index >= 15 is 0 Å². The number of benzene rings is 1. The van der Waals surface area contributed by atoms with Gasteiger partial charge in [0.1, 0.15) is 11.6 Å². The number of halogens is 2. The van der Waals surface area contributed by atoms with Crippen LogP contribution < -0.4 is 10.1 Å². The molecule has 1 aliphatic carbocycles. The lowest BCUT2D eigenvalue weighted by Gasteiger charge is -2.06. The van der Waals surface area contributed by atoms with E-state index in [4.69, 9.17) is 16.3 Å². The van der Waals surface area contributed by atoms with Crippen LogP contribution in [0.4, 0.5) is 4.39 Å². The van der Waals surface area contributed by atoms with Crippen LogP contribution in [0, 0.1) is 5.82 Å². The van der Waals surface area contributed by atoms with Gasteiger partial charge in [0.2, 0.25) is 0 Å². The van der Waals surface area contributed by atoms with Crippen LogP contribution in [-0.4, -0.2) is 18.6 Å². The summed E-state index contributed by atoms with van der Waals surface area (Å²) in [5.41, 5.74) is 0. The minimum atomic E-state index is -0.503. The van der Waals surface area contributed by atoms with Crippen LogP contribution in [0.25, 0.3) is 0 Å². The maximum absolute atomic E-state index is 12.8. The van der Waals surface area contributed by atoms with Gasteiger partial charge in [-0.2, -0.15) is 0 Å². The Balaban J connectivity index is 1.83. The fraction of sp³-hybridized carbons (Fsp3) is 0.364. The topological polar surface area (TPSA) is 38.3 Å². The van der Waals surface area contributed by atoms with E-state index in [0.717, 1.165) is 12.8 Å². The summed E-state index contributed by atoms with van der Waals surface area (Å²) in [5.74, 6) is -0.281. The molecule has 0 unspecified atom stereocenters. The fourth-order valence-corrected chi connectivity index (χ4v) is 1.38. The molecule has 0 heterocycles. The highest BCUT2D eigenvalue weighted by atomic mass is 35.5. The largest absolute Gasteiger partial charge is 0.484 e. The molecule has 86 valence electrons. The van der Waals surface area contributed by atoms with E-state index in [1.165, 1.54) is 18.2 Å². The zero-order valence-electron chi connectivity index (χ0n) is 8.50. The van der Waals surface area contributed by atoms with Gasteiger partial charge < -0.3 is 10.1 Å². The Labute approximate surface area is 97.5 Å². The average Bonchev–Trinajstić information content (AvgIpc) is 3.04. The maximum Gasteiger partial charge on any atom is 0.258 e. The third kappa shape index (κ3) is 3.10. The number of carbonyl (C=O) groups excluding carboxylic acids is 1. The van der Waals surface area contributed by atoms with Crippen molar-refractivity contribution in [2.75, 3.05) is 6.61 Å². The first-order valence-electron chi connectivity index (χ1n) is 5.02. The molecule has 16 heavy (non-hydrogen) atoms. The van der Waals surface area contributed by atoms with Gasteiger partial charge in [-0.3, -0.25) is 4.79 Å². The number of amides is 1. The summed E-state index contributed by atoms with van der Waals surface area (Å²) >= 11 is 5.57. The highest BCUT2D eigenvalue weighted by Crippen LogP contribution is 2.21. The Morgan fingerprint density at radius 1 is 1.56 bits per heavy atom. The molecule has 0 bridgehead atoms. The van der Waals surface area contributed by atoms with Gasteiger partial charge in [-0.25, -0.2) is 4.39 Å². The Hall–Kier alpha value is -1.29. The molecular weight excluding hydrogens is 233 g/mol. The molecule has 1 fully saturated rings. The van der Waals surface area contributed by atoms with Crippen LogP contribution in [-0.2, 0) is 4.79 Å². The van der Waals surface area contributed by atoms with Crippen molar-refractivity contribution in [1.29, 1.82) is 0 Å². The zero-order valence-corrected chi connectivity index (χ0v) is 9.26. The van der Waals surface area contributed by atoms with Crippen molar-refractivity contribution >= 4 is 17.5 Å². The van der Waals surface area contributed by atoms with E-state index in [9.17, 15) is 9.18 Å². The Bertz CT molecular complexity index is 407. The molecule has 0 radical (unpaired) electrons. The zero-order chi connectivity index (χ0) is 11.5. The number of hydrogen-bond acceptors (Lipinski definition) is 2. The monoisotopic (exact) mass is 243 g/mol. The third-order valence-electron chi connectivity index (χ3n) is 2.20. The second-order valence-electron chi connectivity index (χ2n) is 3.71. The summed E-state index contributed by atoms with van der Waals surface area (Å²) in [7, 11) is 0. The third-order valence-corrected chi connectivity index (χ3v) is 2.49. The molecule has 1 N–H and O–H groups in total. The first-order chi connectivity index (χ1) is 7.65. The van der Waals surface area contributed by atoms with Crippen LogP contribution in [0.5, 0.6) is 5.75 Å². The first kappa shape index (κ1) is 11.2. The summed E-state index contributed by atoms with van der Waals surface area (Å²) in [6.45, 7) is -0.0710. The summed E-state index contributed by atoms with van der Waals surface area (Å²) in [5, 5.41) is 2.77. The van der Waals surface area contributed by atoms with Gasteiger partial charge in [-0.15, -0.1) is 0 Å². The molecule has 0 aliphatic heterocycles. The number of carbonyl (C=O) groups is 1. The van der Waals surface area contributed by atoms with Crippen molar-refractivity contribution in [3.8, 4) is 5.75 Å². The molecule has 2 rings (SSSR count). The molecule has 1 aromatic rings. The Morgan fingerprint density at radius 3 is 2.94 bits per heavy atom. The summed E-state index contributed by atoms with van der Waals surface area (Å²) < 4.78 is 18.0. The minimum Gasteiger partial charge on any atom is -0.484 e. The summed E-state index contributed by atoms with van der Waals surface area (Å²) in [4.78, 5) is 11.3. The van der Waals surface area contributed by atoms with E-state index in [2.05, 4.69) is 5.32 Å². The molecular formula is C11H11ClFNO2. The standard InChI is InChI=1S/C11H11ClFNO2/c12-9-5-8(3-4-10(9)13)16-6-11(15)14-7-1-2-7/h3-5,7H,1-2,6H2,(H,14,15). The molecule has 5 heteroatoms. The summed E-state index contributed by atoms with van der Waals surface area (Å²) in [6.07, 6.45) is 2.07. The van der Waals surface area contributed by atoms with Gasteiger partial charge in [0, 0.05) is 12.1 Å². The van der Waals surface area contributed by atoms with Gasteiger partial charge in [-0.1, -0.05) is 11.6 Å². The highest BCUT2D eigenvalue weighted by Gasteiger charge is 2.23. The van der Waals surface area contributed by atoms with Gasteiger partial charge in [0.25, 0.3) is 5.91 Å². The van der Waals surface area contributed by atoms with Crippen LogP contribution >= 0.6 is 11.6 Å². The minimum absolute atomic E-state index is 0.0138. The Morgan fingerprint density at radius 2 is 2.31 bits per heavy atom. The van der Waals surface area contributed by atoms with E-state index in [1.54, 1.807) is 0 Å². The van der Waals surface area contributed by atoms with Crippen molar-refractivity contribution in [1.82, 2.24) is 5.32 Å². The highest BCUT2D eigenvalue weighted by molar-refractivity contribution is 6.30. The van der Waals surface area contributed by atoms with E-state index in [0.29, 0.717) is 11.8 Å². The molecule has 0 saturated heterocycles. The van der Waals surface area contributed by atoms with Crippen molar-refractivity contribution in [2.45, 2.75) is 18.9 Å². The quantitative estimate of drug-likeness (QED) is 0.880. The fourth-order valence-electron chi connectivity index (χ4n) is 1.21. The Kier molecular flexibility index (Phi) is 3.29. The number of ether oxygens (including phenoxy) is 1. The SMILES string of the molecule is O=C(COc1ccc(F)c(Cl)c1)NC1CC1. The molecule has 0 atom stereocenters. The average molecular weight is 244 g/mol. The van der Waals surface area contributed by atoms with Crippen molar-refractivity contribution < 1.29 is 13.9 Å². The molecule has 0 spiro atoms. The molecule has 1 aliphatic rings. The molecule has 1 saturated carbocycles. The molecule has 0 aromatic heterocycles. The first-order valence-corrected chi connectivity index (χ1v) is 5.40. The van der Waals surface area contributed by atoms with E-state index in [-0.39, 0.29) is 17.5 Å². The van der Waals surface area contributed by atoms with E-state index in [1.807, 2.05) is 0 Å². The van der Waals surface area contributed by atoms with Crippen molar-refractivity contribution in [2.24, 2.45) is 0 Å². The van der Waals surface area contributed by atoms with Gasteiger partial charge in [-0.05, 0) is 25.0 Å². The lowest BCUT2D eigenvalue weighted by molar-refractivity contribution is -0.123. The predicted octanol–water partition coefficient (Wildman–Crippen LogP) is 2.14. The van der Waals surface area contributed by atoms with Crippen LogP contribution in [0.2, 0.25) is 5.02 Å². The second kappa shape index (κ2) is 4.70. The van der Waals surface area contributed by atoms with Crippen LogP contribution in [0.1, 0.15) is 12.8 Å². The maximum atomic E-state index is 12.8. The lowest BCUT2D eigenvalue weighted by Crippen LogP contribution is -2.30. The van der Waals surface area contributed by atoms with Gasteiger partial charge in [0.05, 0.1) is 5.02 Å². The van der Waals surface area contributed by atoms with Gasteiger partial charge >= 0.3 is 0 Å². The van der Waals surface area contributed by atoms with Crippen molar-refractivity contribution in [3.05, 3.63) is 29.0 Å². The summed E-state index contributed by atoms with van der Waals surface area (Å²) in [6, 6.07) is 4.30. The number of rotatable bonds is 4. The molecule has 1 amide bonds. The second-order valence-corrected chi connectivity index (χ2v) is 4.11. The van der Waals surface area contributed by atoms with Crippen LogP contribution in [0.3, 0.4) is 0 Å². The number of nitrogens with one attached hydrogen (secondary N) is 1. The normalized spacial score (nSPS) is 14.6. The smallest absolute Gasteiger partial charge is 0.258 e. The molecule has 1 aromatic carbocycles. The van der Waals surface area contributed by atoms with E-state index < -0.39 is 5.82 Å². The van der Waals surface area contributed by atoms with Crippen molar-refractivity contribution in [3.63, 3.8) is 0 Å². The predicted molar refractivity (Wildman–Crippen MR) is 58.1 cm³/mol. The molecule has 3 nitrogen and oxygen atoms in total. The number of hydrogen-bond donors (Lipinski definition) is 1.